The highest BCUT2D eigenvalue weighted by molar-refractivity contribution is 5.97. The molecule has 3 heterocycles. The zero-order chi connectivity index (χ0) is 25.9. The molecule has 2 aromatic heterocycles. The van der Waals surface area contributed by atoms with Gasteiger partial charge in [-0.15, -0.1) is 0 Å². The molecule has 0 radical (unpaired) electrons. The minimum atomic E-state index is -5.08. The fourth-order valence-corrected chi connectivity index (χ4v) is 3.27. The number of fused-ring (bicyclic) bond motifs is 3. The van der Waals surface area contributed by atoms with Crippen LogP contribution in [0.25, 0.3) is 21.9 Å². The summed E-state index contributed by atoms with van der Waals surface area (Å²) in [6.07, 6.45) is -1.38. The highest BCUT2D eigenvalue weighted by Crippen LogP contribution is 2.41. The Hall–Kier alpha value is -4.87. The van der Waals surface area contributed by atoms with Crippen molar-refractivity contribution in [3.05, 3.63) is 83.5 Å². The van der Waals surface area contributed by atoms with Crippen molar-refractivity contribution >= 4 is 28.3 Å². The van der Waals surface area contributed by atoms with Crippen LogP contribution in [0.4, 0.5) is 18.9 Å². The van der Waals surface area contributed by atoms with Gasteiger partial charge in [0.2, 0.25) is 0 Å². The van der Waals surface area contributed by atoms with Crippen LogP contribution in [0.2, 0.25) is 0 Å². The molecule has 2 aromatic carbocycles. The van der Waals surface area contributed by atoms with Crippen LogP contribution < -0.4 is 20.3 Å². The third-order valence-electron chi connectivity index (χ3n) is 4.93. The smallest absolute Gasteiger partial charge is 0.475 e. The van der Waals surface area contributed by atoms with Crippen LogP contribution in [0.5, 0.6) is 11.5 Å². The summed E-state index contributed by atoms with van der Waals surface area (Å²) in [7, 11) is 0. The Morgan fingerprint density at radius 2 is 1.69 bits per heavy atom. The third-order valence-corrected chi connectivity index (χ3v) is 4.93. The Morgan fingerprint density at radius 1 is 1.00 bits per heavy atom. The second kappa shape index (κ2) is 9.78. The molecule has 36 heavy (non-hydrogen) atoms. The number of carbonyl (C=O) groups is 2. The third kappa shape index (κ3) is 5.27. The summed E-state index contributed by atoms with van der Waals surface area (Å²) >= 11 is 0. The number of anilines is 1. The van der Waals surface area contributed by atoms with Crippen LogP contribution in [0.15, 0.2) is 78.0 Å². The SMILES string of the molecule is O=C(Nc1cc(-c2ccncc2)c[nH]c1=O)C1Oc2ccc3ccccc3c2O1.O=C(O)C(F)(F)F. The van der Waals surface area contributed by atoms with E-state index in [-0.39, 0.29) is 5.69 Å². The number of halogens is 3. The van der Waals surface area contributed by atoms with Gasteiger partial charge in [0.1, 0.15) is 5.69 Å². The molecule has 9 nitrogen and oxygen atoms in total. The standard InChI is InChI=1S/C22H15N3O4.C2HF3O2/c26-20-17(11-15(12-24-20)13-7-9-23-10-8-13)25-21(27)22-28-18-6-5-14-3-1-2-4-16(14)19(18)29-22;3-2(4,5)1(6)7/h1-12,22H,(H,24,26)(H,25,27);(H,6,7). The number of nitrogens with zero attached hydrogens (tertiary/aromatic N) is 1. The van der Waals surface area contributed by atoms with Crippen molar-refractivity contribution in [1.29, 1.82) is 0 Å². The van der Waals surface area contributed by atoms with Crippen molar-refractivity contribution in [2.24, 2.45) is 0 Å². The van der Waals surface area contributed by atoms with E-state index in [9.17, 15) is 22.8 Å². The largest absolute Gasteiger partial charge is 0.490 e. The summed E-state index contributed by atoms with van der Waals surface area (Å²) in [6, 6.07) is 16.6. The molecule has 0 saturated heterocycles. The molecule has 3 N–H and O–H groups in total. The van der Waals surface area contributed by atoms with Gasteiger partial charge in [0.25, 0.3) is 5.56 Å². The number of nitrogens with one attached hydrogen (secondary N) is 2. The highest BCUT2D eigenvalue weighted by atomic mass is 19.4. The number of ether oxygens (including phenoxy) is 2. The number of benzene rings is 2. The maximum absolute atomic E-state index is 12.7. The summed E-state index contributed by atoms with van der Waals surface area (Å²) < 4.78 is 43.1. The fraction of sp³-hybridized carbons (Fsp3) is 0.0833. The van der Waals surface area contributed by atoms with Gasteiger partial charge in [-0.05, 0) is 35.2 Å². The van der Waals surface area contributed by atoms with Crippen molar-refractivity contribution < 1.29 is 37.3 Å². The van der Waals surface area contributed by atoms with Gasteiger partial charge in [0, 0.05) is 29.5 Å². The van der Waals surface area contributed by atoms with E-state index in [1.54, 1.807) is 30.7 Å². The number of aliphatic carboxylic acids is 1. The van der Waals surface area contributed by atoms with Crippen molar-refractivity contribution in [2.75, 3.05) is 5.32 Å². The zero-order valence-corrected chi connectivity index (χ0v) is 18.1. The molecule has 0 aliphatic carbocycles. The summed E-state index contributed by atoms with van der Waals surface area (Å²) in [6.45, 7) is 0. The number of aromatic amines is 1. The number of aromatic nitrogens is 2. The molecule has 1 aliphatic rings. The van der Waals surface area contributed by atoms with E-state index in [0.29, 0.717) is 11.5 Å². The molecule has 0 fully saturated rings. The van der Waals surface area contributed by atoms with Crippen molar-refractivity contribution in [1.82, 2.24) is 9.97 Å². The summed E-state index contributed by atoms with van der Waals surface area (Å²) in [5.74, 6) is -2.32. The lowest BCUT2D eigenvalue weighted by molar-refractivity contribution is -0.192. The molecule has 184 valence electrons. The topological polar surface area (TPSA) is 131 Å². The van der Waals surface area contributed by atoms with Crippen LogP contribution in [0.1, 0.15) is 0 Å². The van der Waals surface area contributed by atoms with E-state index in [1.807, 2.05) is 42.5 Å². The average Bonchev–Trinajstić information content (AvgIpc) is 3.31. The number of alkyl halides is 3. The lowest BCUT2D eigenvalue weighted by atomic mass is 10.1. The van der Waals surface area contributed by atoms with Crippen LogP contribution >= 0.6 is 0 Å². The molecule has 0 bridgehead atoms. The van der Waals surface area contributed by atoms with E-state index in [0.717, 1.165) is 21.9 Å². The molecule has 0 spiro atoms. The molecule has 0 saturated carbocycles. The van der Waals surface area contributed by atoms with Gasteiger partial charge in [-0.2, -0.15) is 13.2 Å². The first kappa shape index (κ1) is 24.3. The number of hydrogen-bond donors (Lipinski definition) is 3. The predicted molar refractivity (Wildman–Crippen MR) is 122 cm³/mol. The number of carboxylic acids is 1. The normalized spacial score (nSPS) is 14.0. The summed E-state index contributed by atoms with van der Waals surface area (Å²) in [4.78, 5) is 40.4. The highest BCUT2D eigenvalue weighted by Gasteiger charge is 2.38. The summed E-state index contributed by atoms with van der Waals surface area (Å²) in [5, 5.41) is 11.6. The maximum atomic E-state index is 12.7. The van der Waals surface area contributed by atoms with E-state index < -0.39 is 29.9 Å². The lowest BCUT2D eigenvalue weighted by Gasteiger charge is -2.11. The number of H-pyrrole nitrogens is 1. The first-order chi connectivity index (χ1) is 17.1. The molecular formula is C24H16F3N3O6. The minimum absolute atomic E-state index is 0.109. The molecule has 1 atom stereocenters. The monoisotopic (exact) mass is 499 g/mol. The number of pyridine rings is 2. The molecule has 5 rings (SSSR count). The molecular weight excluding hydrogens is 483 g/mol. The second-order valence-corrected chi connectivity index (χ2v) is 7.34. The summed E-state index contributed by atoms with van der Waals surface area (Å²) in [5.41, 5.74) is 1.29. The second-order valence-electron chi connectivity index (χ2n) is 7.34. The Balaban J connectivity index is 0.000000384. The molecule has 1 unspecified atom stereocenters. The van der Waals surface area contributed by atoms with Crippen molar-refractivity contribution in [3.63, 3.8) is 0 Å². The predicted octanol–water partition coefficient (Wildman–Crippen LogP) is 3.96. The van der Waals surface area contributed by atoms with E-state index in [2.05, 4.69) is 15.3 Å². The van der Waals surface area contributed by atoms with Gasteiger partial charge in [-0.3, -0.25) is 14.6 Å². The maximum Gasteiger partial charge on any atom is 0.490 e. The van der Waals surface area contributed by atoms with Crippen molar-refractivity contribution in [2.45, 2.75) is 12.5 Å². The van der Waals surface area contributed by atoms with Crippen molar-refractivity contribution in [3.8, 4) is 22.6 Å². The zero-order valence-electron chi connectivity index (χ0n) is 18.1. The number of amides is 1. The number of rotatable bonds is 3. The van der Waals surface area contributed by atoms with Crippen LogP contribution in [0, 0.1) is 0 Å². The van der Waals surface area contributed by atoms with Crippen LogP contribution in [0.3, 0.4) is 0 Å². The number of carbonyl (C=O) groups excluding carboxylic acids is 1. The van der Waals surface area contributed by atoms with Gasteiger partial charge in [-0.25, -0.2) is 4.79 Å². The lowest BCUT2D eigenvalue weighted by Crippen LogP contribution is -2.36. The molecule has 1 amide bonds. The number of carboxylic acid groups (broad SMARTS) is 1. The molecule has 4 aromatic rings. The van der Waals surface area contributed by atoms with Gasteiger partial charge in [0.15, 0.2) is 11.5 Å². The molecule has 12 heteroatoms. The Kier molecular flexibility index (Phi) is 6.59. The Morgan fingerprint density at radius 3 is 2.39 bits per heavy atom. The fourth-order valence-electron chi connectivity index (χ4n) is 3.27. The van der Waals surface area contributed by atoms with Crippen LogP contribution in [-0.4, -0.2) is 39.4 Å². The Labute approximate surface area is 200 Å². The van der Waals surface area contributed by atoms with Gasteiger partial charge < -0.3 is 24.9 Å². The van der Waals surface area contributed by atoms with Gasteiger partial charge in [-0.1, -0.05) is 30.3 Å². The molecule has 1 aliphatic heterocycles. The van der Waals surface area contributed by atoms with E-state index in [1.165, 1.54) is 0 Å². The first-order valence-electron chi connectivity index (χ1n) is 10.2. The van der Waals surface area contributed by atoms with Gasteiger partial charge >= 0.3 is 24.3 Å². The number of hydrogen-bond acceptors (Lipinski definition) is 6. The quantitative estimate of drug-likeness (QED) is 0.389. The van der Waals surface area contributed by atoms with Gasteiger partial charge in [0.05, 0.1) is 0 Å². The van der Waals surface area contributed by atoms with Crippen LogP contribution in [-0.2, 0) is 9.59 Å². The van der Waals surface area contributed by atoms with E-state index >= 15 is 0 Å². The Bertz CT molecular complexity index is 1490. The average molecular weight is 499 g/mol. The van der Waals surface area contributed by atoms with E-state index in [4.69, 9.17) is 19.4 Å². The first-order valence-corrected chi connectivity index (χ1v) is 10.2. The minimum Gasteiger partial charge on any atom is -0.475 e.